The molecule has 0 atom stereocenters. The standard InChI is InChI=1S/C19H16BrN3O3/c1-26-16-7-5-15(6-8-16)21-18(24)12-23-19(25)10-9-17(22-23)13-3-2-4-14(20)11-13/h2-11H,12H2,1H3,(H,21,24). The maximum absolute atomic E-state index is 12.2. The number of carbonyl (C=O) groups is 1. The Morgan fingerprint density at radius 1 is 1.15 bits per heavy atom. The van der Waals surface area contributed by atoms with Crippen molar-refractivity contribution >= 4 is 27.5 Å². The molecular weight excluding hydrogens is 398 g/mol. The number of methoxy groups -OCH3 is 1. The molecule has 1 N–H and O–H groups in total. The smallest absolute Gasteiger partial charge is 0.267 e. The van der Waals surface area contributed by atoms with Crippen LogP contribution in [0.1, 0.15) is 0 Å². The zero-order chi connectivity index (χ0) is 18.5. The van der Waals surface area contributed by atoms with Crippen molar-refractivity contribution in [2.75, 3.05) is 12.4 Å². The van der Waals surface area contributed by atoms with Gasteiger partial charge in [0.1, 0.15) is 12.3 Å². The van der Waals surface area contributed by atoms with Crippen LogP contribution in [0.3, 0.4) is 0 Å². The molecule has 0 aliphatic rings. The number of aromatic nitrogens is 2. The Morgan fingerprint density at radius 2 is 1.92 bits per heavy atom. The highest BCUT2D eigenvalue weighted by molar-refractivity contribution is 9.10. The van der Waals surface area contributed by atoms with Gasteiger partial charge in [0.2, 0.25) is 5.91 Å². The first-order valence-corrected chi connectivity index (χ1v) is 8.62. The van der Waals surface area contributed by atoms with Crippen LogP contribution in [0, 0.1) is 0 Å². The predicted molar refractivity (Wildman–Crippen MR) is 103 cm³/mol. The maximum Gasteiger partial charge on any atom is 0.267 e. The van der Waals surface area contributed by atoms with E-state index in [9.17, 15) is 9.59 Å². The SMILES string of the molecule is COc1ccc(NC(=O)Cn2nc(-c3cccc(Br)c3)ccc2=O)cc1. The van der Waals surface area contributed by atoms with E-state index in [0.717, 1.165) is 14.7 Å². The van der Waals surface area contributed by atoms with E-state index in [1.54, 1.807) is 37.4 Å². The van der Waals surface area contributed by atoms with Gasteiger partial charge in [-0.1, -0.05) is 28.1 Å². The van der Waals surface area contributed by atoms with Crippen molar-refractivity contribution in [1.82, 2.24) is 9.78 Å². The van der Waals surface area contributed by atoms with Gasteiger partial charge in [-0.3, -0.25) is 9.59 Å². The summed E-state index contributed by atoms with van der Waals surface area (Å²) < 4.78 is 7.13. The van der Waals surface area contributed by atoms with Crippen LogP contribution in [0.5, 0.6) is 5.75 Å². The second kappa shape index (κ2) is 7.97. The van der Waals surface area contributed by atoms with Gasteiger partial charge >= 0.3 is 0 Å². The van der Waals surface area contributed by atoms with Crippen LogP contribution in [0.4, 0.5) is 5.69 Å². The third-order valence-electron chi connectivity index (χ3n) is 3.65. The Hall–Kier alpha value is -2.93. The fraction of sp³-hybridized carbons (Fsp3) is 0.105. The summed E-state index contributed by atoms with van der Waals surface area (Å²) in [6.45, 7) is -0.174. The number of halogens is 1. The molecular formula is C19H16BrN3O3. The summed E-state index contributed by atoms with van der Waals surface area (Å²) >= 11 is 3.41. The third kappa shape index (κ3) is 4.37. The van der Waals surface area contributed by atoms with Gasteiger partial charge in [0.15, 0.2) is 0 Å². The molecule has 0 spiro atoms. The van der Waals surface area contributed by atoms with Gasteiger partial charge < -0.3 is 10.1 Å². The molecule has 0 unspecified atom stereocenters. The summed E-state index contributed by atoms with van der Waals surface area (Å²) in [7, 11) is 1.57. The molecule has 0 aliphatic heterocycles. The van der Waals surface area contributed by atoms with Crippen molar-refractivity contribution in [3.8, 4) is 17.0 Å². The Labute approximate surface area is 158 Å². The average Bonchev–Trinajstić information content (AvgIpc) is 2.64. The van der Waals surface area contributed by atoms with E-state index in [1.165, 1.54) is 6.07 Å². The number of benzene rings is 2. The number of amides is 1. The molecule has 132 valence electrons. The first kappa shape index (κ1) is 17.9. The minimum atomic E-state index is -0.339. The summed E-state index contributed by atoms with van der Waals surface area (Å²) in [5.74, 6) is 0.360. The van der Waals surface area contributed by atoms with Crippen LogP contribution < -0.4 is 15.6 Å². The summed E-state index contributed by atoms with van der Waals surface area (Å²) in [5, 5.41) is 7.03. The molecule has 0 fully saturated rings. The van der Waals surface area contributed by atoms with Crippen LogP contribution >= 0.6 is 15.9 Å². The van der Waals surface area contributed by atoms with Crippen molar-refractivity contribution in [2.45, 2.75) is 6.54 Å². The van der Waals surface area contributed by atoms with E-state index in [4.69, 9.17) is 4.74 Å². The summed E-state index contributed by atoms with van der Waals surface area (Å²) in [6, 6.07) is 17.6. The van der Waals surface area contributed by atoms with Crippen molar-refractivity contribution in [3.05, 3.63) is 75.5 Å². The monoisotopic (exact) mass is 413 g/mol. The Balaban J connectivity index is 1.77. The van der Waals surface area contributed by atoms with Crippen LogP contribution in [-0.4, -0.2) is 22.8 Å². The van der Waals surface area contributed by atoms with Crippen molar-refractivity contribution in [2.24, 2.45) is 0 Å². The molecule has 3 aromatic rings. The van der Waals surface area contributed by atoms with Gasteiger partial charge in [0.25, 0.3) is 5.56 Å². The van der Waals surface area contributed by atoms with Crippen molar-refractivity contribution < 1.29 is 9.53 Å². The molecule has 26 heavy (non-hydrogen) atoms. The molecule has 1 heterocycles. The second-order valence-electron chi connectivity index (χ2n) is 5.50. The summed E-state index contributed by atoms with van der Waals surface area (Å²) in [6.07, 6.45) is 0. The van der Waals surface area contributed by atoms with Gasteiger partial charge in [0.05, 0.1) is 12.8 Å². The number of carbonyl (C=O) groups excluding carboxylic acids is 1. The molecule has 1 amide bonds. The lowest BCUT2D eigenvalue weighted by Gasteiger charge is -2.09. The first-order chi connectivity index (χ1) is 12.5. The topological polar surface area (TPSA) is 73.2 Å². The largest absolute Gasteiger partial charge is 0.497 e. The second-order valence-corrected chi connectivity index (χ2v) is 6.42. The Bertz CT molecular complexity index is 984. The molecule has 3 rings (SSSR count). The van der Waals surface area contributed by atoms with Crippen LogP contribution in [-0.2, 0) is 11.3 Å². The molecule has 1 aromatic heterocycles. The molecule has 0 bridgehead atoms. The first-order valence-electron chi connectivity index (χ1n) is 7.83. The fourth-order valence-electron chi connectivity index (χ4n) is 2.37. The minimum absolute atomic E-state index is 0.174. The number of rotatable bonds is 5. The number of hydrogen-bond donors (Lipinski definition) is 1. The fourth-order valence-corrected chi connectivity index (χ4v) is 2.77. The number of nitrogens with zero attached hydrogens (tertiary/aromatic N) is 2. The highest BCUT2D eigenvalue weighted by Gasteiger charge is 2.09. The highest BCUT2D eigenvalue weighted by Crippen LogP contribution is 2.20. The van der Waals surface area contributed by atoms with Crippen LogP contribution in [0.15, 0.2) is 69.9 Å². The van der Waals surface area contributed by atoms with E-state index in [2.05, 4.69) is 26.3 Å². The summed E-state index contributed by atoms with van der Waals surface area (Å²) in [5.41, 5.74) is 1.74. The molecule has 0 aliphatic carbocycles. The van der Waals surface area contributed by atoms with Gasteiger partial charge in [-0.15, -0.1) is 0 Å². The Morgan fingerprint density at radius 3 is 2.62 bits per heavy atom. The third-order valence-corrected chi connectivity index (χ3v) is 4.15. The number of ether oxygens (including phenoxy) is 1. The Kier molecular flexibility index (Phi) is 5.48. The molecule has 0 saturated heterocycles. The van der Waals surface area contributed by atoms with Gasteiger partial charge in [0, 0.05) is 21.8 Å². The molecule has 6 nitrogen and oxygen atoms in total. The zero-order valence-corrected chi connectivity index (χ0v) is 15.6. The van der Waals surface area contributed by atoms with Crippen LogP contribution in [0.2, 0.25) is 0 Å². The van der Waals surface area contributed by atoms with E-state index in [0.29, 0.717) is 17.1 Å². The van der Waals surface area contributed by atoms with E-state index < -0.39 is 0 Å². The van der Waals surface area contributed by atoms with Crippen molar-refractivity contribution in [1.29, 1.82) is 0 Å². The molecule has 0 saturated carbocycles. The minimum Gasteiger partial charge on any atom is -0.497 e. The molecule has 7 heteroatoms. The van der Waals surface area contributed by atoms with E-state index in [1.807, 2.05) is 24.3 Å². The van der Waals surface area contributed by atoms with Gasteiger partial charge in [-0.25, -0.2) is 4.68 Å². The quantitative estimate of drug-likeness (QED) is 0.695. The van der Waals surface area contributed by atoms with Gasteiger partial charge in [-0.2, -0.15) is 5.10 Å². The van der Waals surface area contributed by atoms with Gasteiger partial charge in [-0.05, 0) is 42.5 Å². The number of hydrogen-bond acceptors (Lipinski definition) is 4. The molecule has 2 aromatic carbocycles. The van der Waals surface area contributed by atoms with E-state index >= 15 is 0 Å². The summed E-state index contributed by atoms with van der Waals surface area (Å²) in [4.78, 5) is 24.3. The lowest BCUT2D eigenvalue weighted by Crippen LogP contribution is -2.29. The highest BCUT2D eigenvalue weighted by atomic mass is 79.9. The normalized spacial score (nSPS) is 10.4. The van der Waals surface area contributed by atoms with E-state index in [-0.39, 0.29) is 18.0 Å². The lowest BCUT2D eigenvalue weighted by molar-refractivity contribution is -0.117. The average molecular weight is 414 g/mol. The predicted octanol–water partition coefficient (Wildman–Crippen LogP) is 3.32. The number of nitrogens with one attached hydrogen (secondary N) is 1. The van der Waals surface area contributed by atoms with Crippen LogP contribution in [0.25, 0.3) is 11.3 Å². The maximum atomic E-state index is 12.2. The lowest BCUT2D eigenvalue weighted by atomic mass is 10.1. The van der Waals surface area contributed by atoms with Crippen molar-refractivity contribution in [3.63, 3.8) is 0 Å². The molecule has 0 radical (unpaired) electrons. The number of anilines is 1. The zero-order valence-electron chi connectivity index (χ0n) is 14.0.